The monoisotopic (exact) mass is 256 g/mol. The first-order chi connectivity index (χ1) is 8.72. The second-order valence-electron chi connectivity index (χ2n) is 5.46. The molecule has 0 aromatic carbocycles. The predicted octanol–water partition coefficient (Wildman–Crippen LogP) is 2.42. The third kappa shape index (κ3) is 6.84. The summed E-state index contributed by atoms with van der Waals surface area (Å²) in [6.07, 6.45) is 9.86. The van der Waals surface area contributed by atoms with Gasteiger partial charge in [-0.15, -0.1) is 0 Å². The standard InChI is InChI=1S/C14H28N2O2/c1-12(9-11-17)16-14(18)15-10-5-4-8-13-6-2-3-7-13/h12-13,17H,2-11H2,1H3,(H2,15,16,18)/t12-/m1/s1. The van der Waals surface area contributed by atoms with Crippen molar-refractivity contribution in [2.24, 2.45) is 5.92 Å². The van der Waals surface area contributed by atoms with Crippen molar-refractivity contribution in [3.8, 4) is 0 Å². The molecule has 1 rings (SSSR count). The molecule has 1 aliphatic rings. The number of hydrogen-bond acceptors (Lipinski definition) is 2. The number of urea groups is 1. The number of unbranched alkanes of at least 4 members (excludes halogenated alkanes) is 1. The summed E-state index contributed by atoms with van der Waals surface area (Å²) in [5.74, 6) is 0.948. The van der Waals surface area contributed by atoms with Crippen molar-refractivity contribution in [3.63, 3.8) is 0 Å². The quantitative estimate of drug-likeness (QED) is 0.584. The molecule has 0 heterocycles. The number of carbonyl (C=O) groups is 1. The Balaban J connectivity index is 1.91. The lowest BCUT2D eigenvalue weighted by atomic mass is 10.0. The lowest BCUT2D eigenvalue weighted by Crippen LogP contribution is -2.41. The minimum absolute atomic E-state index is 0.0356. The normalized spacial score (nSPS) is 17.7. The van der Waals surface area contributed by atoms with Crippen LogP contribution in [0.2, 0.25) is 0 Å². The Morgan fingerprint density at radius 2 is 2.06 bits per heavy atom. The lowest BCUT2D eigenvalue weighted by molar-refractivity contribution is 0.231. The predicted molar refractivity (Wildman–Crippen MR) is 73.5 cm³/mol. The minimum Gasteiger partial charge on any atom is -0.396 e. The van der Waals surface area contributed by atoms with Gasteiger partial charge in [0.05, 0.1) is 0 Å². The molecular weight excluding hydrogens is 228 g/mol. The highest BCUT2D eigenvalue weighted by Gasteiger charge is 2.13. The van der Waals surface area contributed by atoms with E-state index in [1.807, 2.05) is 6.92 Å². The van der Waals surface area contributed by atoms with Gasteiger partial charge in [-0.3, -0.25) is 0 Å². The van der Waals surface area contributed by atoms with Crippen LogP contribution in [0, 0.1) is 5.92 Å². The number of rotatable bonds is 8. The number of nitrogens with one attached hydrogen (secondary N) is 2. The van der Waals surface area contributed by atoms with Crippen LogP contribution in [0.5, 0.6) is 0 Å². The van der Waals surface area contributed by atoms with Crippen molar-refractivity contribution in [1.29, 1.82) is 0 Å². The molecule has 0 unspecified atom stereocenters. The van der Waals surface area contributed by atoms with Gasteiger partial charge in [-0.05, 0) is 25.7 Å². The lowest BCUT2D eigenvalue weighted by Gasteiger charge is -2.13. The van der Waals surface area contributed by atoms with Gasteiger partial charge in [0.25, 0.3) is 0 Å². The van der Waals surface area contributed by atoms with Crippen molar-refractivity contribution >= 4 is 6.03 Å². The number of amides is 2. The zero-order valence-electron chi connectivity index (χ0n) is 11.6. The van der Waals surface area contributed by atoms with Crippen LogP contribution in [0.1, 0.15) is 58.3 Å². The van der Waals surface area contributed by atoms with Gasteiger partial charge in [-0.25, -0.2) is 4.79 Å². The summed E-state index contributed by atoms with van der Waals surface area (Å²) < 4.78 is 0. The second kappa shape index (κ2) is 9.20. The summed E-state index contributed by atoms with van der Waals surface area (Å²) in [7, 11) is 0. The third-order valence-corrected chi connectivity index (χ3v) is 3.74. The zero-order chi connectivity index (χ0) is 13.2. The number of hydrogen-bond donors (Lipinski definition) is 3. The van der Waals surface area contributed by atoms with Gasteiger partial charge in [-0.2, -0.15) is 0 Å². The number of carbonyl (C=O) groups excluding carboxylic acids is 1. The maximum absolute atomic E-state index is 11.4. The molecule has 0 bridgehead atoms. The van der Waals surface area contributed by atoms with Crippen molar-refractivity contribution in [1.82, 2.24) is 10.6 Å². The molecule has 1 saturated carbocycles. The van der Waals surface area contributed by atoms with E-state index in [-0.39, 0.29) is 18.7 Å². The van der Waals surface area contributed by atoms with Crippen LogP contribution < -0.4 is 10.6 Å². The fourth-order valence-corrected chi connectivity index (χ4v) is 2.60. The van der Waals surface area contributed by atoms with E-state index in [9.17, 15) is 4.79 Å². The topological polar surface area (TPSA) is 61.4 Å². The Kier molecular flexibility index (Phi) is 7.81. The van der Waals surface area contributed by atoms with Crippen molar-refractivity contribution in [3.05, 3.63) is 0 Å². The SMILES string of the molecule is C[C@H](CCO)NC(=O)NCCCCC1CCCC1. The summed E-state index contributed by atoms with van der Waals surface area (Å²) in [5.41, 5.74) is 0. The molecule has 0 aromatic heterocycles. The highest BCUT2D eigenvalue weighted by molar-refractivity contribution is 5.74. The average molecular weight is 256 g/mol. The van der Waals surface area contributed by atoms with Crippen LogP contribution in [0.4, 0.5) is 4.79 Å². The highest BCUT2D eigenvalue weighted by Crippen LogP contribution is 2.28. The van der Waals surface area contributed by atoms with E-state index in [1.54, 1.807) is 0 Å². The van der Waals surface area contributed by atoms with E-state index in [1.165, 1.54) is 38.5 Å². The van der Waals surface area contributed by atoms with Crippen molar-refractivity contribution in [2.75, 3.05) is 13.2 Å². The molecule has 0 saturated heterocycles. The Hall–Kier alpha value is -0.770. The maximum atomic E-state index is 11.4. The van der Waals surface area contributed by atoms with Gasteiger partial charge in [0.2, 0.25) is 0 Å². The van der Waals surface area contributed by atoms with Crippen molar-refractivity contribution < 1.29 is 9.90 Å². The van der Waals surface area contributed by atoms with Gasteiger partial charge in [0, 0.05) is 19.2 Å². The summed E-state index contributed by atoms with van der Waals surface area (Å²) in [5, 5.41) is 14.4. The fraction of sp³-hybridized carbons (Fsp3) is 0.929. The number of aliphatic hydroxyl groups is 1. The second-order valence-corrected chi connectivity index (χ2v) is 5.46. The van der Waals surface area contributed by atoms with E-state index >= 15 is 0 Å². The molecule has 3 N–H and O–H groups in total. The number of aliphatic hydroxyl groups excluding tert-OH is 1. The molecule has 0 aliphatic heterocycles. The van der Waals surface area contributed by atoms with E-state index in [0.29, 0.717) is 6.42 Å². The smallest absolute Gasteiger partial charge is 0.314 e. The molecule has 0 spiro atoms. The van der Waals surface area contributed by atoms with Crippen molar-refractivity contribution in [2.45, 2.75) is 64.3 Å². The molecule has 0 radical (unpaired) electrons. The Morgan fingerprint density at radius 3 is 2.72 bits per heavy atom. The minimum atomic E-state index is -0.114. The van der Waals surface area contributed by atoms with Gasteiger partial charge >= 0.3 is 6.03 Å². The van der Waals surface area contributed by atoms with E-state index in [4.69, 9.17) is 5.11 Å². The molecule has 1 atom stereocenters. The van der Waals surface area contributed by atoms with Gasteiger partial charge in [0.1, 0.15) is 0 Å². The molecule has 0 aromatic rings. The van der Waals surface area contributed by atoms with Crippen LogP contribution >= 0.6 is 0 Å². The molecule has 1 fully saturated rings. The van der Waals surface area contributed by atoms with Crippen LogP contribution in [-0.2, 0) is 0 Å². The van der Waals surface area contributed by atoms with E-state index in [0.717, 1.165) is 18.9 Å². The van der Waals surface area contributed by atoms with E-state index < -0.39 is 0 Å². The van der Waals surface area contributed by atoms with Gasteiger partial charge in [-0.1, -0.05) is 38.5 Å². The summed E-state index contributed by atoms with van der Waals surface area (Å²) in [6, 6.07) is -0.0784. The molecule has 18 heavy (non-hydrogen) atoms. The van der Waals surface area contributed by atoms with Gasteiger partial charge in [0.15, 0.2) is 0 Å². The first kappa shape index (κ1) is 15.3. The highest BCUT2D eigenvalue weighted by atomic mass is 16.3. The molecule has 4 nitrogen and oxygen atoms in total. The van der Waals surface area contributed by atoms with Gasteiger partial charge < -0.3 is 15.7 Å². The molecule has 4 heteroatoms. The van der Waals surface area contributed by atoms with Crippen LogP contribution in [0.25, 0.3) is 0 Å². The van der Waals surface area contributed by atoms with Crippen LogP contribution in [0.15, 0.2) is 0 Å². The Morgan fingerprint density at radius 1 is 1.33 bits per heavy atom. The third-order valence-electron chi connectivity index (χ3n) is 3.74. The summed E-state index contributed by atoms with van der Waals surface area (Å²) in [4.78, 5) is 11.4. The first-order valence-electron chi connectivity index (χ1n) is 7.37. The van der Waals surface area contributed by atoms with E-state index in [2.05, 4.69) is 10.6 Å². The van der Waals surface area contributed by atoms with Crippen LogP contribution in [-0.4, -0.2) is 30.3 Å². The molecule has 106 valence electrons. The molecule has 2 amide bonds. The Bertz CT molecular complexity index is 228. The fourth-order valence-electron chi connectivity index (χ4n) is 2.60. The largest absolute Gasteiger partial charge is 0.396 e. The van der Waals surface area contributed by atoms with Crippen LogP contribution in [0.3, 0.4) is 0 Å². The Labute approximate surface area is 111 Å². The average Bonchev–Trinajstić information content (AvgIpc) is 2.81. The maximum Gasteiger partial charge on any atom is 0.314 e. The summed E-state index contributed by atoms with van der Waals surface area (Å²) in [6.45, 7) is 2.77. The molecular formula is C14H28N2O2. The first-order valence-corrected chi connectivity index (χ1v) is 7.37. The molecule has 1 aliphatic carbocycles. The zero-order valence-corrected chi connectivity index (χ0v) is 11.6. The summed E-state index contributed by atoms with van der Waals surface area (Å²) >= 11 is 0.